The maximum absolute atomic E-state index is 12.4. The minimum atomic E-state index is -0.950. The van der Waals surface area contributed by atoms with Crippen molar-refractivity contribution in [3.05, 3.63) is 0 Å². The number of rotatable bonds is 4. The van der Waals surface area contributed by atoms with Crippen LogP contribution in [-0.2, 0) is 9.53 Å². The van der Waals surface area contributed by atoms with Crippen molar-refractivity contribution in [2.75, 3.05) is 20.3 Å². The number of carbonyl (C=O) groups is 2. The summed E-state index contributed by atoms with van der Waals surface area (Å²) in [7, 11) is 1.57. The highest BCUT2D eigenvalue weighted by Gasteiger charge is 2.45. The summed E-state index contributed by atoms with van der Waals surface area (Å²) in [6.07, 6.45) is 1.62. The summed E-state index contributed by atoms with van der Waals surface area (Å²) in [5, 5.41) is 12.3. The van der Waals surface area contributed by atoms with Gasteiger partial charge in [-0.05, 0) is 32.1 Å². The standard InChI is InChI=1S/C14H26N2O4/c1-13(2)7-6-8-16(10(13)11(17)18)12(19)15-14(3,4)9-20-5/h10H,6-9H2,1-5H3,(H,15,19)(H,17,18). The molecule has 2 amide bonds. The van der Waals surface area contributed by atoms with Crippen LogP contribution in [0.3, 0.4) is 0 Å². The number of hydrogen-bond acceptors (Lipinski definition) is 3. The number of piperidine rings is 1. The Morgan fingerprint density at radius 1 is 1.45 bits per heavy atom. The zero-order chi connectivity index (χ0) is 15.6. The lowest BCUT2D eigenvalue weighted by molar-refractivity contribution is -0.148. The summed E-state index contributed by atoms with van der Waals surface area (Å²) < 4.78 is 5.06. The molecule has 0 spiro atoms. The Kier molecular flexibility index (Phi) is 5.02. The number of amides is 2. The van der Waals surface area contributed by atoms with Crippen LogP contribution in [0.5, 0.6) is 0 Å². The van der Waals surface area contributed by atoms with Gasteiger partial charge in [0.1, 0.15) is 6.04 Å². The van der Waals surface area contributed by atoms with Gasteiger partial charge in [-0.3, -0.25) is 0 Å². The topological polar surface area (TPSA) is 78.9 Å². The number of carboxylic acids is 1. The molecule has 1 aliphatic heterocycles. The van der Waals surface area contributed by atoms with Crippen LogP contribution in [0.2, 0.25) is 0 Å². The van der Waals surface area contributed by atoms with Crippen LogP contribution in [-0.4, -0.2) is 53.8 Å². The molecule has 116 valence electrons. The van der Waals surface area contributed by atoms with E-state index in [-0.39, 0.29) is 6.03 Å². The number of hydrogen-bond donors (Lipinski definition) is 2. The molecule has 1 atom stereocenters. The highest BCUT2D eigenvalue weighted by Crippen LogP contribution is 2.35. The molecule has 0 aromatic rings. The molecule has 0 bridgehead atoms. The monoisotopic (exact) mass is 286 g/mol. The van der Waals surface area contributed by atoms with Crippen LogP contribution in [0.25, 0.3) is 0 Å². The van der Waals surface area contributed by atoms with Gasteiger partial charge in [0, 0.05) is 13.7 Å². The molecule has 0 saturated carbocycles. The third kappa shape index (κ3) is 3.85. The Labute approximate surface area is 120 Å². The molecule has 6 nitrogen and oxygen atoms in total. The minimum absolute atomic E-state index is 0.341. The average Bonchev–Trinajstić information content (AvgIpc) is 2.25. The van der Waals surface area contributed by atoms with Gasteiger partial charge in [-0.25, -0.2) is 9.59 Å². The number of methoxy groups -OCH3 is 1. The van der Waals surface area contributed by atoms with Crippen molar-refractivity contribution in [3.63, 3.8) is 0 Å². The maximum Gasteiger partial charge on any atom is 0.327 e. The number of carbonyl (C=O) groups excluding carboxylic acids is 1. The Balaban J connectivity index is 2.87. The van der Waals surface area contributed by atoms with Crippen molar-refractivity contribution in [2.45, 2.75) is 52.1 Å². The van der Waals surface area contributed by atoms with E-state index in [1.165, 1.54) is 4.90 Å². The highest BCUT2D eigenvalue weighted by atomic mass is 16.5. The second-order valence-corrected chi connectivity index (χ2v) is 6.77. The number of urea groups is 1. The predicted molar refractivity (Wildman–Crippen MR) is 75.6 cm³/mol. The van der Waals surface area contributed by atoms with E-state index in [4.69, 9.17) is 4.74 Å². The normalized spacial score (nSPS) is 22.4. The lowest BCUT2D eigenvalue weighted by Gasteiger charge is -2.44. The first-order chi connectivity index (χ1) is 9.10. The van der Waals surface area contributed by atoms with E-state index in [9.17, 15) is 14.7 Å². The largest absolute Gasteiger partial charge is 0.480 e. The first kappa shape index (κ1) is 16.8. The van der Waals surface area contributed by atoms with E-state index in [0.717, 1.165) is 12.8 Å². The van der Waals surface area contributed by atoms with Crippen molar-refractivity contribution in [3.8, 4) is 0 Å². The molecule has 20 heavy (non-hydrogen) atoms. The molecule has 1 aliphatic rings. The van der Waals surface area contributed by atoms with Crippen LogP contribution >= 0.6 is 0 Å². The molecule has 1 heterocycles. The van der Waals surface area contributed by atoms with Gasteiger partial charge in [0.2, 0.25) is 0 Å². The third-order valence-electron chi connectivity index (χ3n) is 3.72. The van der Waals surface area contributed by atoms with Gasteiger partial charge >= 0.3 is 12.0 Å². The van der Waals surface area contributed by atoms with Crippen molar-refractivity contribution >= 4 is 12.0 Å². The first-order valence-corrected chi connectivity index (χ1v) is 6.91. The third-order valence-corrected chi connectivity index (χ3v) is 3.72. The van der Waals surface area contributed by atoms with E-state index in [1.807, 2.05) is 27.7 Å². The fourth-order valence-corrected chi connectivity index (χ4v) is 2.84. The Bertz CT molecular complexity index is 379. The lowest BCUT2D eigenvalue weighted by Crippen LogP contribution is -2.61. The molecule has 1 fully saturated rings. The smallest absolute Gasteiger partial charge is 0.327 e. The van der Waals surface area contributed by atoms with Crippen LogP contribution < -0.4 is 5.32 Å². The van der Waals surface area contributed by atoms with Gasteiger partial charge < -0.3 is 20.1 Å². The summed E-state index contributed by atoms with van der Waals surface area (Å²) in [4.78, 5) is 25.4. The number of aliphatic carboxylic acids is 1. The van der Waals surface area contributed by atoms with Gasteiger partial charge in [0.15, 0.2) is 0 Å². The molecule has 0 aromatic heterocycles. The summed E-state index contributed by atoms with van der Waals surface area (Å²) in [5.41, 5.74) is -0.955. The van der Waals surface area contributed by atoms with Crippen LogP contribution in [0.1, 0.15) is 40.5 Å². The number of nitrogens with one attached hydrogen (secondary N) is 1. The minimum Gasteiger partial charge on any atom is -0.480 e. The Hall–Kier alpha value is -1.30. The van der Waals surface area contributed by atoms with Crippen molar-refractivity contribution in [2.24, 2.45) is 5.41 Å². The molecule has 0 radical (unpaired) electrons. The Morgan fingerprint density at radius 2 is 2.05 bits per heavy atom. The summed E-state index contributed by atoms with van der Waals surface area (Å²) in [6, 6.07) is -1.14. The molecule has 1 unspecified atom stereocenters. The predicted octanol–water partition coefficient (Wildman–Crippen LogP) is 1.70. The number of carboxylic acid groups (broad SMARTS) is 1. The fourth-order valence-electron chi connectivity index (χ4n) is 2.84. The van der Waals surface area contributed by atoms with Gasteiger partial charge in [-0.1, -0.05) is 13.8 Å². The maximum atomic E-state index is 12.4. The second kappa shape index (κ2) is 5.99. The van der Waals surface area contributed by atoms with E-state index in [0.29, 0.717) is 13.2 Å². The van der Waals surface area contributed by atoms with E-state index >= 15 is 0 Å². The summed E-state index contributed by atoms with van der Waals surface area (Å²) >= 11 is 0. The zero-order valence-electron chi connectivity index (χ0n) is 13.0. The Morgan fingerprint density at radius 3 is 2.55 bits per heavy atom. The van der Waals surface area contributed by atoms with Crippen molar-refractivity contribution in [1.82, 2.24) is 10.2 Å². The van der Waals surface area contributed by atoms with Crippen molar-refractivity contribution < 1.29 is 19.4 Å². The van der Waals surface area contributed by atoms with E-state index in [1.54, 1.807) is 7.11 Å². The van der Waals surface area contributed by atoms with Gasteiger partial charge in [-0.15, -0.1) is 0 Å². The average molecular weight is 286 g/mol. The quantitative estimate of drug-likeness (QED) is 0.824. The molecular weight excluding hydrogens is 260 g/mol. The van der Waals surface area contributed by atoms with Crippen LogP contribution in [0.15, 0.2) is 0 Å². The molecule has 0 aromatic carbocycles. The first-order valence-electron chi connectivity index (χ1n) is 6.91. The SMILES string of the molecule is COCC(C)(C)NC(=O)N1CCCC(C)(C)C1C(=O)O. The molecule has 2 N–H and O–H groups in total. The lowest BCUT2D eigenvalue weighted by atomic mass is 9.76. The van der Waals surface area contributed by atoms with E-state index < -0.39 is 23.0 Å². The van der Waals surface area contributed by atoms with Crippen LogP contribution in [0, 0.1) is 5.41 Å². The summed E-state index contributed by atoms with van der Waals surface area (Å²) in [6.45, 7) is 8.32. The molecule has 6 heteroatoms. The molecular formula is C14H26N2O4. The van der Waals surface area contributed by atoms with Gasteiger partial charge in [-0.2, -0.15) is 0 Å². The van der Waals surface area contributed by atoms with Crippen LogP contribution in [0.4, 0.5) is 4.79 Å². The zero-order valence-corrected chi connectivity index (χ0v) is 13.0. The molecule has 0 aliphatic carbocycles. The number of likely N-dealkylation sites (tertiary alicyclic amines) is 1. The van der Waals surface area contributed by atoms with Gasteiger partial charge in [0.05, 0.1) is 12.1 Å². The van der Waals surface area contributed by atoms with Gasteiger partial charge in [0.25, 0.3) is 0 Å². The summed E-state index contributed by atoms with van der Waals surface area (Å²) in [5.74, 6) is -0.950. The fraction of sp³-hybridized carbons (Fsp3) is 0.857. The molecule has 1 rings (SSSR count). The molecule has 1 saturated heterocycles. The number of ether oxygens (including phenoxy) is 1. The van der Waals surface area contributed by atoms with Crippen molar-refractivity contribution in [1.29, 1.82) is 0 Å². The second-order valence-electron chi connectivity index (χ2n) is 6.77. The highest BCUT2D eigenvalue weighted by molar-refractivity contribution is 5.84. The van der Waals surface area contributed by atoms with E-state index in [2.05, 4.69) is 5.32 Å². The number of nitrogens with zero attached hydrogens (tertiary/aromatic N) is 1.